The minimum absolute atomic E-state index is 0.00631. The normalized spacial score (nSPS) is 18.6. The van der Waals surface area contributed by atoms with Gasteiger partial charge in [-0.1, -0.05) is 47.5 Å². The predicted octanol–water partition coefficient (Wildman–Crippen LogP) is 6.04. The van der Waals surface area contributed by atoms with Crippen molar-refractivity contribution in [3.8, 4) is 0 Å². The van der Waals surface area contributed by atoms with Gasteiger partial charge in [-0.3, -0.25) is 14.5 Å². The van der Waals surface area contributed by atoms with Gasteiger partial charge < -0.3 is 14.7 Å². The molecule has 1 unspecified atom stereocenters. The fraction of sp³-hybridized carbons (Fsp3) is 0.562. The highest BCUT2D eigenvalue weighted by Gasteiger charge is 2.48. The molecule has 0 N–H and O–H groups in total. The van der Waals surface area contributed by atoms with Gasteiger partial charge in [0.15, 0.2) is 0 Å². The average molecular weight is 588 g/mol. The highest BCUT2D eigenvalue weighted by molar-refractivity contribution is 6.42. The molecule has 2 amide bonds. The van der Waals surface area contributed by atoms with Crippen LogP contribution in [0.15, 0.2) is 48.5 Å². The van der Waals surface area contributed by atoms with E-state index in [1.807, 2.05) is 67.5 Å². The maximum absolute atomic E-state index is 13.8. The molecule has 0 radical (unpaired) electrons. The third-order valence-corrected chi connectivity index (χ3v) is 9.70. The predicted molar refractivity (Wildman–Crippen MR) is 164 cm³/mol. The van der Waals surface area contributed by atoms with E-state index in [0.29, 0.717) is 22.2 Å². The zero-order valence-corrected chi connectivity index (χ0v) is 25.9. The Balaban J connectivity index is 1.45. The largest absolute Gasteiger partial charge is 0.342 e. The van der Waals surface area contributed by atoms with Gasteiger partial charge in [-0.15, -0.1) is 0 Å². The van der Waals surface area contributed by atoms with Gasteiger partial charge in [0.2, 0.25) is 5.91 Å². The van der Waals surface area contributed by atoms with E-state index >= 15 is 0 Å². The van der Waals surface area contributed by atoms with E-state index in [1.165, 1.54) is 12.8 Å². The van der Waals surface area contributed by atoms with Gasteiger partial charge in [0, 0.05) is 51.3 Å². The lowest BCUT2D eigenvalue weighted by molar-refractivity contribution is -0.148. The topological polar surface area (TPSA) is 47.1 Å². The Morgan fingerprint density at radius 2 is 1.57 bits per heavy atom. The third kappa shape index (κ3) is 7.02. The number of piperidine rings is 1. The van der Waals surface area contributed by atoms with Gasteiger partial charge in [0.05, 0.1) is 10.0 Å². The van der Waals surface area contributed by atoms with Gasteiger partial charge in [-0.2, -0.15) is 0 Å². The molecule has 2 aliphatic rings. The Labute approximate surface area is 250 Å². The molecule has 0 saturated carbocycles. The van der Waals surface area contributed by atoms with Crippen LogP contribution in [0.5, 0.6) is 0 Å². The number of likely N-dealkylation sites (tertiary alicyclic amines) is 2. The van der Waals surface area contributed by atoms with Gasteiger partial charge >= 0.3 is 0 Å². The first-order valence-corrected chi connectivity index (χ1v) is 15.4. The molecule has 6 nitrogen and oxygen atoms in total. The second-order valence-corrected chi connectivity index (χ2v) is 12.6. The Kier molecular flexibility index (Phi) is 10.6. The van der Waals surface area contributed by atoms with Crippen molar-refractivity contribution in [2.75, 3.05) is 53.4 Å². The second-order valence-electron chi connectivity index (χ2n) is 11.8. The number of halogens is 2. The van der Waals surface area contributed by atoms with E-state index in [4.69, 9.17) is 23.2 Å². The molecule has 0 bridgehead atoms. The maximum Gasteiger partial charge on any atom is 0.253 e. The van der Waals surface area contributed by atoms with Crippen LogP contribution in [0.1, 0.15) is 67.8 Å². The number of carbonyl (C=O) groups is 2. The van der Waals surface area contributed by atoms with Crippen LogP contribution in [-0.4, -0.2) is 96.4 Å². The number of likely N-dealkylation sites (N-methyl/N-ethyl adjacent to an activating group) is 2. The highest BCUT2D eigenvalue weighted by atomic mass is 35.5. The maximum atomic E-state index is 13.8. The SMILES string of the molecule is CC(C)N(C)C(=O)C1(N2CCCC2)CCN(CCC(CN(C)C(=O)c2ccccc2)c2ccc(Cl)c(Cl)c2)CC1. The summed E-state index contributed by atoms with van der Waals surface area (Å²) in [5.41, 5.74) is 1.37. The van der Waals surface area contributed by atoms with Crippen LogP contribution in [0.2, 0.25) is 10.0 Å². The Morgan fingerprint density at radius 1 is 0.925 bits per heavy atom. The van der Waals surface area contributed by atoms with Crippen molar-refractivity contribution >= 4 is 35.0 Å². The van der Waals surface area contributed by atoms with Crippen LogP contribution in [0.3, 0.4) is 0 Å². The Bertz CT molecular complexity index is 1140. The summed E-state index contributed by atoms with van der Waals surface area (Å²) in [5.74, 6) is 0.386. The van der Waals surface area contributed by atoms with Crippen LogP contribution in [0.4, 0.5) is 0 Å². The minimum atomic E-state index is -0.391. The molecule has 2 aliphatic heterocycles. The molecule has 2 aromatic rings. The van der Waals surface area contributed by atoms with Gasteiger partial charge in [-0.25, -0.2) is 0 Å². The first-order chi connectivity index (χ1) is 19.1. The fourth-order valence-corrected chi connectivity index (χ4v) is 6.51. The number of benzene rings is 2. The van der Waals surface area contributed by atoms with Gasteiger partial charge in [0.25, 0.3) is 5.91 Å². The summed E-state index contributed by atoms with van der Waals surface area (Å²) in [4.78, 5) is 35.6. The van der Waals surface area contributed by atoms with Crippen molar-refractivity contribution < 1.29 is 9.59 Å². The number of hydrogen-bond donors (Lipinski definition) is 0. The summed E-state index contributed by atoms with van der Waals surface area (Å²) in [5, 5.41) is 1.06. The van der Waals surface area contributed by atoms with Crippen molar-refractivity contribution in [3.05, 3.63) is 69.7 Å². The quantitative estimate of drug-likeness (QED) is 0.340. The molecule has 8 heteroatoms. The van der Waals surface area contributed by atoms with E-state index < -0.39 is 5.54 Å². The smallest absolute Gasteiger partial charge is 0.253 e. The number of carbonyl (C=O) groups excluding carboxylic acids is 2. The zero-order valence-electron chi connectivity index (χ0n) is 24.4. The van der Waals surface area contributed by atoms with Crippen LogP contribution < -0.4 is 0 Å². The lowest BCUT2D eigenvalue weighted by Gasteiger charge is -2.48. The van der Waals surface area contributed by atoms with Crippen LogP contribution >= 0.6 is 23.2 Å². The molecule has 2 saturated heterocycles. The molecular formula is C32H44Cl2N4O2. The van der Waals surface area contributed by atoms with E-state index in [0.717, 1.165) is 57.5 Å². The first kappa shape index (κ1) is 30.8. The van der Waals surface area contributed by atoms with Crippen molar-refractivity contribution in [2.45, 2.75) is 63.5 Å². The van der Waals surface area contributed by atoms with Gasteiger partial charge in [0.1, 0.15) is 5.54 Å². The lowest BCUT2D eigenvalue weighted by atomic mass is 9.83. The molecule has 218 valence electrons. The molecular weight excluding hydrogens is 543 g/mol. The van der Waals surface area contributed by atoms with Crippen LogP contribution in [0, 0.1) is 0 Å². The summed E-state index contributed by atoms with van der Waals surface area (Å²) in [6.07, 6.45) is 4.93. The van der Waals surface area contributed by atoms with E-state index in [2.05, 4.69) is 23.6 Å². The molecule has 0 spiro atoms. The van der Waals surface area contributed by atoms with Crippen molar-refractivity contribution in [1.82, 2.24) is 19.6 Å². The molecule has 2 heterocycles. The highest BCUT2D eigenvalue weighted by Crippen LogP contribution is 2.35. The fourth-order valence-electron chi connectivity index (χ4n) is 6.20. The lowest BCUT2D eigenvalue weighted by Crippen LogP contribution is -2.63. The van der Waals surface area contributed by atoms with Crippen LogP contribution in [-0.2, 0) is 4.79 Å². The summed E-state index contributed by atoms with van der Waals surface area (Å²) >= 11 is 12.6. The molecule has 40 heavy (non-hydrogen) atoms. The van der Waals surface area contributed by atoms with Crippen LogP contribution in [0.25, 0.3) is 0 Å². The monoisotopic (exact) mass is 586 g/mol. The number of nitrogens with zero attached hydrogens (tertiary/aromatic N) is 4. The second kappa shape index (κ2) is 13.7. The molecule has 0 aliphatic carbocycles. The summed E-state index contributed by atoms with van der Waals surface area (Å²) in [6.45, 7) is 9.46. The van der Waals surface area contributed by atoms with Crippen molar-refractivity contribution in [2.24, 2.45) is 0 Å². The molecule has 0 aromatic heterocycles. The number of amides is 2. The zero-order chi connectivity index (χ0) is 28.9. The minimum Gasteiger partial charge on any atom is -0.342 e. The Hall–Kier alpha value is -2.12. The molecule has 2 aromatic carbocycles. The number of rotatable bonds is 10. The number of hydrogen-bond acceptors (Lipinski definition) is 4. The molecule has 2 fully saturated rings. The summed E-state index contributed by atoms with van der Waals surface area (Å²) < 4.78 is 0. The van der Waals surface area contributed by atoms with E-state index in [9.17, 15) is 9.59 Å². The van der Waals surface area contributed by atoms with E-state index in [-0.39, 0.29) is 23.8 Å². The van der Waals surface area contributed by atoms with E-state index in [1.54, 1.807) is 4.90 Å². The standard InChI is InChI=1S/C32H44Cl2N4O2/c1-24(2)36(4)31(40)32(38-17-8-9-18-38)15-20-37(21-16-32)19-14-27(26-12-13-28(33)29(34)22-26)23-35(3)30(39)25-10-6-5-7-11-25/h5-7,10-13,22,24,27H,8-9,14-21,23H2,1-4H3. The van der Waals surface area contributed by atoms with Gasteiger partial charge in [-0.05, 0) is 95.4 Å². The summed E-state index contributed by atoms with van der Waals surface area (Å²) in [7, 11) is 3.81. The molecule has 4 rings (SSSR count). The Morgan fingerprint density at radius 3 is 2.17 bits per heavy atom. The third-order valence-electron chi connectivity index (χ3n) is 8.96. The summed E-state index contributed by atoms with van der Waals surface area (Å²) in [6, 6.07) is 15.4. The average Bonchev–Trinajstić information content (AvgIpc) is 3.52. The van der Waals surface area contributed by atoms with Crippen molar-refractivity contribution in [3.63, 3.8) is 0 Å². The van der Waals surface area contributed by atoms with Crippen molar-refractivity contribution in [1.29, 1.82) is 0 Å². The first-order valence-electron chi connectivity index (χ1n) is 14.6. The molecule has 1 atom stereocenters.